The van der Waals surface area contributed by atoms with Gasteiger partial charge in [-0.1, -0.05) is 17.7 Å². The summed E-state index contributed by atoms with van der Waals surface area (Å²) in [6, 6.07) is 6.81. The maximum atomic E-state index is 12.3. The maximum absolute atomic E-state index is 12.3. The van der Waals surface area contributed by atoms with Crippen LogP contribution in [0.3, 0.4) is 0 Å². The lowest BCUT2D eigenvalue weighted by Gasteiger charge is -2.09. The number of nitro groups is 2. The van der Waals surface area contributed by atoms with Gasteiger partial charge < -0.3 is 0 Å². The third kappa shape index (κ3) is 3.60. The van der Waals surface area contributed by atoms with Crippen molar-refractivity contribution >= 4 is 38.7 Å². The highest BCUT2D eigenvalue weighted by Crippen LogP contribution is 2.29. The molecule has 0 spiro atoms. The van der Waals surface area contributed by atoms with E-state index >= 15 is 0 Å². The van der Waals surface area contributed by atoms with E-state index in [1.165, 1.54) is 31.2 Å². The Balaban J connectivity index is 2.42. The Morgan fingerprint density at radius 2 is 1.62 bits per heavy atom. The Morgan fingerprint density at radius 3 is 2.21 bits per heavy atom. The first-order valence-electron chi connectivity index (χ1n) is 6.33. The fraction of sp³-hybridized carbons (Fsp3) is 0.0769. The van der Waals surface area contributed by atoms with Crippen LogP contribution < -0.4 is 4.72 Å². The summed E-state index contributed by atoms with van der Waals surface area (Å²) in [6.07, 6.45) is 0. The van der Waals surface area contributed by atoms with Crippen LogP contribution in [-0.4, -0.2) is 18.3 Å². The molecule has 0 unspecified atom stereocenters. The Bertz CT molecular complexity index is 945. The molecule has 2 rings (SSSR count). The second-order valence-corrected chi connectivity index (χ2v) is 6.82. The summed E-state index contributed by atoms with van der Waals surface area (Å²) in [5, 5.41) is 21.6. The molecule has 1 N–H and O–H groups in total. The predicted octanol–water partition coefficient (Wildman–Crippen LogP) is 3.27. The van der Waals surface area contributed by atoms with Crippen molar-refractivity contribution < 1.29 is 18.3 Å². The number of hydrogen-bond acceptors (Lipinski definition) is 6. The third-order valence-corrected chi connectivity index (χ3v) is 4.78. The number of aryl methyl sites for hydroxylation is 1. The summed E-state index contributed by atoms with van der Waals surface area (Å²) in [5.41, 5.74) is -0.595. The van der Waals surface area contributed by atoms with Crippen molar-refractivity contribution in [2.24, 2.45) is 0 Å². The maximum Gasteiger partial charge on any atom is 0.289 e. The van der Waals surface area contributed by atoms with E-state index in [9.17, 15) is 28.6 Å². The highest BCUT2D eigenvalue weighted by molar-refractivity contribution is 7.92. The molecule has 0 fully saturated rings. The predicted molar refractivity (Wildman–Crippen MR) is 86.7 cm³/mol. The fourth-order valence-corrected chi connectivity index (χ4v) is 3.14. The van der Waals surface area contributed by atoms with Crippen molar-refractivity contribution in [1.29, 1.82) is 0 Å². The molecule has 0 bridgehead atoms. The molecule has 0 aromatic heterocycles. The average Bonchev–Trinajstić information content (AvgIpc) is 2.48. The number of anilines is 1. The van der Waals surface area contributed by atoms with Crippen molar-refractivity contribution in [3.8, 4) is 0 Å². The van der Waals surface area contributed by atoms with E-state index in [2.05, 4.69) is 4.72 Å². The zero-order chi connectivity index (χ0) is 18.1. The molecule has 126 valence electrons. The molecule has 2 aromatic rings. The lowest BCUT2D eigenvalue weighted by atomic mass is 10.2. The SMILES string of the molecule is Cc1ccc(S(=O)(=O)Nc2ccc(Cl)c([N+](=O)[O-])c2)cc1[N+](=O)[O-]. The summed E-state index contributed by atoms with van der Waals surface area (Å²) in [5.74, 6) is 0. The number of hydrogen-bond donors (Lipinski definition) is 1. The third-order valence-electron chi connectivity index (χ3n) is 3.08. The number of rotatable bonds is 5. The van der Waals surface area contributed by atoms with Crippen LogP contribution in [0.15, 0.2) is 41.3 Å². The summed E-state index contributed by atoms with van der Waals surface area (Å²) in [6.45, 7) is 1.48. The van der Waals surface area contributed by atoms with Crippen molar-refractivity contribution in [2.45, 2.75) is 11.8 Å². The van der Waals surface area contributed by atoms with Crippen LogP contribution in [0.4, 0.5) is 17.1 Å². The van der Waals surface area contributed by atoms with Gasteiger partial charge in [0.25, 0.3) is 21.4 Å². The zero-order valence-corrected chi connectivity index (χ0v) is 13.7. The quantitative estimate of drug-likeness (QED) is 0.633. The molecule has 0 saturated heterocycles. The Labute approximate surface area is 141 Å². The largest absolute Gasteiger partial charge is 0.289 e. The molecule has 0 atom stereocenters. The van der Waals surface area contributed by atoms with Crippen LogP contribution in [0.1, 0.15) is 5.56 Å². The smallest absolute Gasteiger partial charge is 0.279 e. The number of nitro benzene ring substituents is 2. The molecular formula is C13H10ClN3O6S. The number of benzene rings is 2. The molecule has 11 heteroatoms. The topological polar surface area (TPSA) is 132 Å². The minimum atomic E-state index is -4.16. The van der Waals surface area contributed by atoms with E-state index in [0.717, 1.165) is 12.1 Å². The Kier molecular flexibility index (Phi) is 4.71. The molecule has 24 heavy (non-hydrogen) atoms. The van der Waals surface area contributed by atoms with E-state index in [4.69, 9.17) is 11.6 Å². The van der Waals surface area contributed by atoms with Crippen molar-refractivity contribution in [3.63, 3.8) is 0 Å². The van der Waals surface area contributed by atoms with Crippen LogP contribution in [0.25, 0.3) is 0 Å². The normalized spacial score (nSPS) is 11.1. The van der Waals surface area contributed by atoms with Gasteiger partial charge in [0.15, 0.2) is 0 Å². The van der Waals surface area contributed by atoms with Gasteiger partial charge in [-0.2, -0.15) is 0 Å². The first-order chi connectivity index (χ1) is 11.1. The molecule has 0 aliphatic rings. The summed E-state index contributed by atoms with van der Waals surface area (Å²) >= 11 is 5.66. The van der Waals surface area contributed by atoms with Crippen molar-refractivity contribution in [3.05, 3.63) is 67.2 Å². The van der Waals surface area contributed by atoms with Crippen LogP contribution >= 0.6 is 11.6 Å². The van der Waals surface area contributed by atoms with Gasteiger partial charge in [-0.3, -0.25) is 25.0 Å². The standard InChI is InChI=1S/C13H10ClN3O6S/c1-8-2-4-10(7-12(8)16(18)19)24(22,23)15-9-3-5-11(14)13(6-9)17(20)21/h2-7,15H,1H3. The average molecular weight is 372 g/mol. The van der Waals surface area contributed by atoms with Gasteiger partial charge in [0.2, 0.25) is 0 Å². The number of sulfonamides is 1. The highest BCUT2D eigenvalue weighted by atomic mass is 35.5. The van der Waals surface area contributed by atoms with Gasteiger partial charge >= 0.3 is 0 Å². The highest BCUT2D eigenvalue weighted by Gasteiger charge is 2.21. The molecule has 9 nitrogen and oxygen atoms in total. The van der Waals surface area contributed by atoms with Gasteiger partial charge in [-0.05, 0) is 25.1 Å². The van der Waals surface area contributed by atoms with Gasteiger partial charge in [0.1, 0.15) is 5.02 Å². The van der Waals surface area contributed by atoms with E-state index < -0.39 is 25.6 Å². The second kappa shape index (κ2) is 6.42. The minimum absolute atomic E-state index is 0.0886. The first kappa shape index (κ1) is 17.6. The van der Waals surface area contributed by atoms with Crippen LogP contribution in [-0.2, 0) is 10.0 Å². The molecule has 0 saturated carbocycles. The van der Waals surface area contributed by atoms with E-state index in [1.807, 2.05) is 0 Å². The van der Waals surface area contributed by atoms with Crippen molar-refractivity contribution in [2.75, 3.05) is 4.72 Å². The monoisotopic (exact) mass is 371 g/mol. The summed E-state index contributed by atoms with van der Waals surface area (Å²) in [7, 11) is -4.16. The number of nitrogens with one attached hydrogen (secondary N) is 1. The molecule has 2 aromatic carbocycles. The lowest BCUT2D eigenvalue weighted by Crippen LogP contribution is -2.13. The first-order valence-corrected chi connectivity index (χ1v) is 8.20. The van der Waals surface area contributed by atoms with Crippen LogP contribution in [0.2, 0.25) is 5.02 Å². The summed E-state index contributed by atoms with van der Waals surface area (Å²) in [4.78, 5) is 20.0. The van der Waals surface area contributed by atoms with E-state index in [1.54, 1.807) is 0 Å². The van der Waals surface area contributed by atoms with E-state index in [0.29, 0.717) is 5.56 Å². The molecule has 0 amide bonds. The summed E-state index contributed by atoms with van der Waals surface area (Å²) < 4.78 is 26.8. The van der Waals surface area contributed by atoms with Crippen molar-refractivity contribution in [1.82, 2.24) is 0 Å². The van der Waals surface area contributed by atoms with Gasteiger partial charge in [0.05, 0.1) is 20.4 Å². The number of nitrogens with zero attached hydrogens (tertiary/aromatic N) is 2. The zero-order valence-electron chi connectivity index (χ0n) is 12.1. The Morgan fingerprint density at radius 1 is 1.00 bits per heavy atom. The van der Waals surface area contributed by atoms with Crippen LogP contribution in [0.5, 0.6) is 0 Å². The molecule has 0 radical (unpaired) electrons. The molecule has 0 aliphatic carbocycles. The number of halogens is 1. The van der Waals surface area contributed by atoms with Gasteiger partial charge in [-0.15, -0.1) is 0 Å². The molecule has 0 aliphatic heterocycles. The van der Waals surface area contributed by atoms with Crippen LogP contribution in [0, 0.1) is 27.2 Å². The minimum Gasteiger partial charge on any atom is -0.279 e. The van der Waals surface area contributed by atoms with Gasteiger partial charge in [0, 0.05) is 17.7 Å². The molecular weight excluding hydrogens is 362 g/mol. The molecule has 0 heterocycles. The Hall–Kier alpha value is -2.72. The lowest BCUT2D eigenvalue weighted by molar-refractivity contribution is -0.385. The van der Waals surface area contributed by atoms with Gasteiger partial charge in [-0.25, -0.2) is 8.42 Å². The second-order valence-electron chi connectivity index (χ2n) is 4.73. The fourth-order valence-electron chi connectivity index (χ4n) is 1.88. The van der Waals surface area contributed by atoms with E-state index in [-0.39, 0.29) is 21.3 Å².